The number of methoxy groups -OCH3 is 1. The van der Waals surface area contributed by atoms with Crippen LogP contribution in [0, 0.1) is 13.8 Å². The van der Waals surface area contributed by atoms with Crippen LogP contribution in [0.1, 0.15) is 41.4 Å². The normalized spacial score (nSPS) is 13.2. The first-order valence-corrected chi connectivity index (χ1v) is 7.93. The number of nitrogens with zero attached hydrogens (tertiary/aromatic N) is 2. The molecule has 2 atom stereocenters. The van der Waals surface area contributed by atoms with E-state index >= 15 is 0 Å². The van der Waals surface area contributed by atoms with E-state index in [1.54, 1.807) is 35.9 Å². The van der Waals surface area contributed by atoms with Crippen molar-refractivity contribution in [3.05, 3.63) is 46.8 Å². The Morgan fingerprint density at radius 2 is 1.84 bits per heavy atom. The molecule has 0 radical (unpaired) electrons. The van der Waals surface area contributed by atoms with Crippen molar-refractivity contribution in [2.24, 2.45) is 7.05 Å². The highest BCUT2D eigenvalue weighted by molar-refractivity contribution is 5.88. The molecule has 1 aromatic heterocycles. The fraction of sp³-hybridized carbons (Fsp3) is 0.389. The van der Waals surface area contributed by atoms with Crippen molar-refractivity contribution >= 4 is 11.9 Å². The number of rotatable bonds is 6. The highest BCUT2D eigenvalue weighted by Crippen LogP contribution is 2.25. The fourth-order valence-corrected chi connectivity index (χ4v) is 2.90. The molecule has 1 aromatic carbocycles. The van der Waals surface area contributed by atoms with E-state index < -0.39 is 17.9 Å². The number of nitrogens with one attached hydrogen (secondary N) is 1. The van der Waals surface area contributed by atoms with Gasteiger partial charge in [0.25, 0.3) is 0 Å². The minimum absolute atomic E-state index is 0.359. The molecule has 25 heavy (non-hydrogen) atoms. The predicted molar refractivity (Wildman–Crippen MR) is 92.6 cm³/mol. The summed E-state index contributed by atoms with van der Waals surface area (Å²) in [6.45, 7) is 5.47. The Kier molecular flexibility index (Phi) is 5.46. The molecular weight excluding hydrogens is 322 g/mol. The number of aliphatic carboxylic acids is 1. The SMILES string of the molecule is COc1ccc(C(NC(=O)C(C)c2c(C)nn(C)c2C)C(=O)O)cc1. The third kappa shape index (κ3) is 3.81. The summed E-state index contributed by atoms with van der Waals surface area (Å²) in [5.74, 6) is -1.37. The van der Waals surface area contributed by atoms with Crippen LogP contribution in [-0.2, 0) is 16.6 Å². The quantitative estimate of drug-likeness (QED) is 0.836. The van der Waals surface area contributed by atoms with Gasteiger partial charge >= 0.3 is 5.97 Å². The summed E-state index contributed by atoms with van der Waals surface area (Å²) in [5, 5.41) is 16.4. The van der Waals surface area contributed by atoms with Crippen molar-refractivity contribution in [2.45, 2.75) is 32.7 Å². The summed E-state index contributed by atoms with van der Waals surface area (Å²) in [6.07, 6.45) is 0. The lowest BCUT2D eigenvalue weighted by atomic mass is 9.97. The average molecular weight is 345 g/mol. The predicted octanol–water partition coefficient (Wildman–Crippen LogP) is 2.09. The number of carbonyl (C=O) groups excluding carboxylic acids is 1. The standard InChI is InChI=1S/C18H23N3O4/c1-10(15-11(2)20-21(4)12(15)3)17(22)19-16(18(23)24)13-6-8-14(25-5)9-7-13/h6-10,16H,1-5H3,(H,19,22)(H,23,24). The van der Waals surface area contributed by atoms with Gasteiger partial charge in [-0.15, -0.1) is 0 Å². The summed E-state index contributed by atoms with van der Waals surface area (Å²) in [4.78, 5) is 24.3. The van der Waals surface area contributed by atoms with Crippen LogP contribution in [0.15, 0.2) is 24.3 Å². The van der Waals surface area contributed by atoms with Crippen molar-refractivity contribution in [2.75, 3.05) is 7.11 Å². The molecule has 1 amide bonds. The zero-order valence-electron chi connectivity index (χ0n) is 15.0. The summed E-state index contributed by atoms with van der Waals surface area (Å²) in [7, 11) is 3.35. The van der Waals surface area contributed by atoms with Gasteiger partial charge in [-0.2, -0.15) is 5.10 Å². The van der Waals surface area contributed by atoms with E-state index in [0.29, 0.717) is 11.3 Å². The molecule has 7 nitrogen and oxygen atoms in total. The van der Waals surface area contributed by atoms with Crippen LogP contribution in [0.2, 0.25) is 0 Å². The van der Waals surface area contributed by atoms with Gasteiger partial charge in [0.1, 0.15) is 5.75 Å². The zero-order chi connectivity index (χ0) is 18.7. The molecule has 2 unspecified atom stereocenters. The summed E-state index contributed by atoms with van der Waals surface area (Å²) >= 11 is 0. The smallest absolute Gasteiger partial charge is 0.330 e. The number of aromatic nitrogens is 2. The number of amides is 1. The van der Waals surface area contributed by atoms with E-state index in [1.165, 1.54) is 7.11 Å². The maximum Gasteiger partial charge on any atom is 0.330 e. The van der Waals surface area contributed by atoms with E-state index in [9.17, 15) is 14.7 Å². The minimum Gasteiger partial charge on any atom is -0.497 e. The van der Waals surface area contributed by atoms with Crippen LogP contribution in [0.5, 0.6) is 5.75 Å². The van der Waals surface area contributed by atoms with E-state index in [0.717, 1.165) is 17.0 Å². The van der Waals surface area contributed by atoms with Gasteiger partial charge in [-0.3, -0.25) is 9.48 Å². The second kappa shape index (κ2) is 7.38. The van der Waals surface area contributed by atoms with Crippen LogP contribution >= 0.6 is 0 Å². The second-order valence-corrected chi connectivity index (χ2v) is 5.98. The molecule has 1 heterocycles. The number of hydrogen-bond donors (Lipinski definition) is 2. The Morgan fingerprint density at radius 3 is 2.28 bits per heavy atom. The highest BCUT2D eigenvalue weighted by Gasteiger charge is 2.28. The van der Waals surface area contributed by atoms with Crippen molar-refractivity contribution in [3.8, 4) is 5.75 Å². The van der Waals surface area contributed by atoms with Crippen LogP contribution in [-0.4, -0.2) is 33.9 Å². The van der Waals surface area contributed by atoms with Gasteiger partial charge in [-0.25, -0.2) is 4.79 Å². The maximum atomic E-state index is 12.6. The first kappa shape index (κ1) is 18.5. The van der Waals surface area contributed by atoms with Crippen LogP contribution in [0.25, 0.3) is 0 Å². The van der Waals surface area contributed by atoms with E-state index in [4.69, 9.17) is 4.74 Å². The van der Waals surface area contributed by atoms with Crippen LogP contribution < -0.4 is 10.1 Å². The molecule has 7 heteroatoms. The molecule has 2 N–H and O–H groups in total. The third-order valence-corrected chi connectivity index (χ3v) is 4.37. The summed E-state index contributed by atoms with van der Waals surface area (Å²) in [6, 6.07) is 5.46. The number of hydrogen-bond acceptors (Lipinski definition) is 4. The van der Waals surface area contributed by atoms with Crippen molar-refractivity contribution < 1.29 is 19.4 Å². The van der Waals surface area contributed by atoms with Crippen molar-refractivity contribution in [1.82, 2.24) is 15.1 Å². The lowest BCUT2D eigenvalue weighted by Gasteiger charge is -2.19. The summed E-state index contributed by atoms with van der Waals surface area (Å²) < 4.78 is 6.79. The monoisotopic (exact) mass is 345 g/mol. The number of benzene rings is 1. The Labute approximate surface area is 146 Å². The van der Waals surface area contributed by atoms with E-state index in [1.807, 2.05) is 20.9 Å². The zero-order valence-corrected chi connectivity index (χ0v) is 15.0. The molecule has 2 rings (SSSR count). The topological polar surface area (TPSA) is 93.5 Å². The van der Waals surface area contributed by atoms with E-state index in [-0.39, 0.29) is 5.91 Å². The average Bonchev–Trinajstić information content (AvgIpc) is 2.84. The minimum atomic E-state index is -1.13. The van der Waals surface area contributed by atoms with Gasteiger partial charge in [0.15, 0.2) is 6.04 Å². The van der Waals surface area contributed by atoms with Gasteiger partial charge < -0.3 is 15.2 Å². The number of carboxylic acid groups (broad SMARTS) is 1. The Morgan fingerprint density at radius 1 is 1.24 bits per heavy atom. The van der Waals surface area contributed by atoms with Gasteiger partial charge in [0, 0.05) is 18.3 Å². The summed E-state index contributed by atoms with van der Waals surface area (Å²) in [5.41, 5.74) is 2.95. The molecule has 0 spiro atoms. The molecule has 0 fully saturated rings. The van der Waals surface area contributed by atoms with Crippen molar-refractivity contribution in [3.63, 3.8) is 0 Å². The molecule has 0 aliphatic carbocycles. The molecule has 134 valence electrons. The number of aryl methyl sites for hydroxylation is 2. The maximum absolute atomic E-state index is 12.6. The molecule has 0 aliphatic heterocycles. The Balaban J connectivity index is 2.23. The van der Waals surface area contributed by atoms with E-state index in [2.05, 4.69) is 10.4 Å². The lowest BCUT2D eigenvalue weighted by Crippen LogP contribution is -2.36. The molecule has 0 bridgehead atoms. The molecule has 2 aromatic rings. The number of carboxylic acids is 1. The first-order valence-electron chi connectivity index (χ1n) is 7.93. The molecule has 0 saturated carbocycles. The van der Waals surface area contributed by atoms with Gasteiger partial charge in [0.05, 0.1) is 18.7 Å². The Hall–Kier alpha value is -2.83. The fourth-order valence-electron chi connectivity index (χ4n) is 2.90. The second-order valence-electron chi connectivity index (χ2n) is 5.98. The molecule has 0 saturated heterocycles. The highest BCUT2D eigenvalue weighted by atomic mass is 16.5. The van der Waals surface area contributed by atoms with Crippen LogP contribution in [0.3, 0.4) is 0 Å². The number of carbonyl (C=O) groups is 2. The lowest BCUT2D eigenvalue weighted by molar-refractivity contribution is -0.142. The Bertz CT molecular complexity index is 780. The van der Waals surface area contributed by atoms with Crippen molar-refractivity contribution in [1.29, 1.82) is 0 Å². The largest absolute Gasteiger partial charge is 0.497 e. The third-order valence-electron chi connectivity index (χ3n) is 4.37. The van der Waals surface area contributed by atoms with Gasteiger partial charge in [-0.05, 0) is 38.5 Å². The van der Waals surface area contributed by atoms with Gasteiger partial charge in [-0.1, -0.05) is 12.1 Å². The first-order chi connectivity index (χ1) is 11.8. The molecule has 0 aliphatic rings. The molecular formula is C18H23N3O4. The van der Waals surface area contributed by atoms with Gasteiger partial charge in [0.2, 0.25) is 5.91 Å². The van der Waals surface area contributed by atoms with Crippen LogP contribution in [0.4, 0.5) is 0 Å². The number of ether oxygens (including phenoxy) is 1.